The highest BCUT2D eigenvalue weighted by molar-refractivity contribution is 4.87. The second-order valence-corrected chi connectivity index (χ2v) is 5.21. The van der Waals surface area contributed by atoms with Crippen LogP contribution >= 0.6 is 0 Å². The van der Waals surface area contributed by atoms with Crippen molar-refractivity contribution >= 4 is 0 Å². The summed E-state index contributed by atoms with van der Waals surface area (Å²) in [5, 5.41) is 0. The molecule has 14 heavy (non-hydrogen) atoms. The van der Waals surface area contributed by atoms with Crippen molar-refractivity contribution in [1.29, 1.82) is 0 Å². The maximum Gasteiger partial charge on any atom is 0.0246 e. The molecular weight excluding hydrogens is 172 g/mol. The Balaban J connectivity index is 1.84. The van der Waals surface area contributed by atoms with Crippen LogP contribution in [0.5, 0.6) is 0 Å². The van der Waals surface area contributed by atoms with E-state index in [9.17, 15) is 0 Å². The van der Waals surface area contributed by atoms with Gasteiger partial charge in [-0.25, -0.2) is 0 Å². The van der Waals surface area contributed by atoms with Gasteiger partial charge in [-0.05, 0) is 50.6 Å². The summed E-state index contributed by atoms with van der Waals surface area (Å²) in [5.41, 5.74) is 5.91. The topological polar surface area (TPSA) is 29.3 Å². The van der Waals surface area contributed by atoms with E-state index in [0.29, 0.717) is 6.04 Å². The van der Waals surface area contributed by atoms with E-state index in [1.807, 2.05) is 0 Å². The van der Waals surface area contributed by atoms with Gasteiger partial charge < -0.3 is 5.73 Å². The number of hydrogen-bond acceptors (Lipinski definition) is 2. The van der Waals surface area contributed by atoms with Gasteiger partial charge in [0.2, 0.25) is 0 Å². The Bertz CT molecular complexity index is 169. The van der Waals surface area contributed by atoms with E-state index in [-0.39, 0.29) is 0 Å². The second-order valence-electron chi connectivity index (χ2n) is 5.21. The fourth-order valence-electron chi connectivity index (χ4n) is 2.82. The third-order valence-electron chi connectivity index (χ3n) is 4.22. The molecule has 2 heteroatoms. The van der Waals surface area contributed by atoms with E-state index in [2.05, 4.69) is 11.8 Å². The van der Waals surface area contributed by atoms with E-state index in [1.54, 1.807) is 0 Å². The molecule has 2 N–H and O–H groups in total. The molecule has 0 aromatic heterocycles. The fourth-order valence-corrected chi connectivity index (χ4v) is 2.82. The average molecular weight is 196 g/mol. The van der Waals surface area contributed by atoms with Crippen molar-refractivity contribution in [2.24, 2.45) is 17.6 Å². The molecular formula is C12H24N2. The van der Waals surface area contributed by atoms with Crippen molar-refractivity contribution in [3.05, 3.63) is 0 Å². The number of likely N-dealkylation sites (tertiary alicyclic amines) is 1. The Morgan fingerprint density at radius 3 is 2.29 bits per heavy atom. The Morgan fingerprint density at radius 2 is 1.86 bits per heavy atom. The van der Waals surface area contributed by atoms with Crippen LogP contribution in [0.1, 0.15) is 39.0 Å². The first-order valence-corrected chi connectivity index (χ1v) is 6.25. The third kappa shape index (κ3) is 2.12. The van der Waals surface area contributed by atoms with Crippen LogP contribution < -0.4 is 5.73 Å². The lowest BCUT2D eigenvalue weighted by Crippen LogP contribution is -2.50. The largest absolute Gasteiger partial charge is 0.329 e. The highest BCUT2D eigenvalue weighted by Gasteiger charge is 2.31. The van der Waals surface area contributed by atoms with Gasteiger partial charge >= 0.3 is 0 Å². The van der Waals surface area contributed by atoms with Crippen molar-refractivity contribution in [1.82, 2.24) is 4.90 Å². The summed E-state index contributed by atoms with van der Waals surface area (Å²) in [5.74, 6) is 1.86. The molecule has 1 aliphatic carbocycles. The smallest absolute Gasteiger partial charge is 0.0246 e. The lowest BCUT2D eigenvalue weighted by Gasteiger charge is -2.43. The highest BCUT2D eigenvalue weighted by atomic mass is 15.2. The maximum atomic E-state index is 5.91. The molecule has 1 unspecified atom stereocenters. The van der Waals surface area contributed by atoms with Gasteiger partial charge in [-0.15, -0.1) is 0 Å². The number of rotatable bonds is 3. The minimum Gasteiger partial charge on any atom is -0.329 e. The molecule has 1 saturated carbocycles. The summed E-state index contributed by atoms with van der Waals surface area (Å²) < 4.78 is 0. The van der Waals surface area contributed by atoms with Gasteiger partial charge in [-0.2, -0.15) is 0 Å². The molecule has 1 aliphatic heterocycles. The fraction of sp³-hybridized carbons (Fsp3) is 1.00. The second kappa shape index (κ2) is 4.63. The van der Waals surface area contributed by atoms with Gasteiger partial charge in [0.05, 0.1) is 0 Å². The minimum absolute atomic E-state index is 0.705. The van der Waals surface area contributed by atoms with Gasteiger partial charge in [0.25, 0.3) is 0 Å². The average Bonchev–Trinajstić information content (AvgIpc) is 2.13. The van der Waals surface area contributed by atoms with Gasteiger partial charge in [0.15, 0.2) is 0 Å². The molecule has 0 bridgehead atoms. The van der Waals surface area contributed by atoms with Crippen LogP contribution in [-0.2, 0) is 0 Å². The Hall–Kier alpha value is -0.0800. The summed E-state index contributed by atoms with van der Waals surface area (Å²) in [7, 11) is 0. The Kier molecular flexibility index (Phi) is 3.45. The van der Waals surface area contributed by atoms with E-state index >= 15 is 0 Å². The summed E-state index contributed by atoms with van der Waals surface area (Å²) in [6.07, 6.45) is 7.04. The van der Waals surface area contributed by atoms with E-state index in [1.165, 1.54) is 45.2 Å². The van der Waals surface area contributed by atoms with Gasteiger partial charge in [-0.3, -0.25) is 4.90 Å². The summed E-state index contributed by atoms with van der Waals surface area (Å²) in [6, 6.07) is 0.705. The number of nitrogens with two attached hydrogens (primary N) is 1. The molecule has 0 spiro atoms. The predicted octanol–water partition coefficient (Wildman–Crippen LogP) is 1.85. The van der Waals surface area contributed by atoms with Crippen molar-refractivity contribution in [3.63, 3.8) is 0 Å². The zero-order valence-corrected chi connectivity index (χ0v) is 9.41. The van der Waals surface area contributed by atoms with Crippen LogP contribution in [0.3, 0.4) is 0 Å². The van der Waals surface area contributed by atoms with Crippen LogP contribution in [0.4, 0.5) is 0 Å². The summed E-state index contributed by atoms with van der Waals surface area (Å²) in [6.45, 7) is 5.83. The van der Waals surface area contributed by atoms with Crippen molar-refractivity contribution in [2.45, 2.75) is 45.1 Å². The van der Waals surface area contributed by atoms with Crippen molar-refractivity contribution in [2.75, 3.05) is 19.6 Å². The van der Waals surface area contributed by atoms with E-state index in [0.717, 1.165) is 18.4 Å². The number of piperidine rings is 1. The maximum absolute atomic E-state index is 5.91. The molecule has 2 rings (SSSR count). The van der Waals surface area contributed by atoms with Crippen LogP contribution in [0.15, 0.2) is 0 Å². The van der Waals surface area contributed by atoms with Gasteiger partial charge in [0, 0.05) is 12.6 Å². The lowest BCUT2D eigenvalue weighted by atomic mass is 9.78. The predicted molar refractivity (Wildman–Crippen MR) is 60.2 cm³/mol. The molecule has 0 aromatic carbocycles. The quantitative estimate of drug-likeness (QED) is 0.746. The lowest BCUT2D eigenvalue weighted by molar-refractivity contribution is 0.0707. The Morgan fingerprint density at radius 1 is 1.21 bits per heavy atom. The molecule has 0 amide bonds. The third-order valence-corrected chi connectivity index (χ3v) is 4.22. The van der Waals surface area contributed by atoms with Crippen LogP contribution in [-0.4, -0.2) is 30.6 Å². The van der Waals surface area contributed by atoms with Gasteiger partial charge in [-0.1, -0.05) is 13.3 Å². The molecule has 1 heterocycles. The van der Waals surface area contributed by atoms with E-state index in [4.69, 9.17) is 5.73 Å². The van der Waals surface area contributed by atoms with Crippen LogP contribution in [0, 0.1) is 11.8 Å². The first kappa shape index (κ1) is 10.4. The molecule has 2 aliphatic rings. The molecule has 82 valence electrons. The zero-order chi connectivity index (χ0) is 9.97. The molecule has 2 fully saturated rings. The van der Waals surface area contributed by atoms with Gasteiger partial charge in [0.1, 0.15) is 0 Å². The normalized spacial score (nSPS) is 28.7. The van der Waals surface area contributed by atoms with Crippen LogP contribution in [0.2, 0.25) is 0 Å². The van der Waals surface area contributed by atoms with Crippen molar-refractivity contribution < 1.29 is 0 Å². The zero-order valence-electron chi connectivity index (χ0n) is 9.41. The highest BCUT2D eigenvalue weighted by Crippen LogP contribution is 2.33. The SMILES string of the molecule is CC1CCN(C(CN)C2CCC2)CC1. The summed E-state index contributed by atoms with van der Waals surface area (Å²) >= 11 is 0. The monoisotopic (exact) mass is 196 g/mol. The molecule has 0 radical (unpaired) electrons. The molecule has 1 saturated heterocycles. The first-order valence-electron chi connectivity index (χ1n) is 6.25. The van der Waals surface area contributed by atoms with E-state index < -0.39 is 0 Å². The minimum atomic E-state index is 0.705. The molecule has 2 nitrogen and oxygen atoms in total. The Labute approximate surface area is 87.8 Å². The molecule has 0 aromatic rings. The first-order chi connectivity index (χ1) is 6.81. The summed E-state index contributed by atoms with van der Waals surface area (Å²) in [4.78, 5) is 2.66. The standard InChI is InChI=1S/C12H24N2/c1-10-5-7-14(8-6-10)12(9-13)11-3-2-4-11/h10-12H,2-9,13H2,1H3. The van der Waals surface area contributed by atoms with Crippen LogP contribution in [0.25, 0.3) is 0 Å². The van der Waals surface area contributed by atoms with Crippen molar-refractivity contribution in [3.8, 4) is 0 Å². The number of nitrogens with zero attached hydrogens (tertiary/aromatic N) is 1. The number of hydrogen-bond donors (Lipinski definition) is 1. The molecule has 1 atom stereocenters.